The Morgan fingerprint density at radius 3 is 1.20 bits per heavy atom. The maximum atomic E-state index is 6.66. The van der Waals surface area contributed by atoms with Crippen molar-refractivity contribution in [2.75, 3.05) is 4.90 Å². The Labute approximate surface area is 324 Å². The van der Waals surface area contributed by atoms with Crippen LogP contribution in [-0.2, 0) is 0 Å². The van der Waals surface area contributed by atoms with Gasteiger partial charge in [-0.25, -0.2) is 15.0 Å². The third-order valence-electron chi connectivity index (χ3n) is 10.1. The van der Waals surface area contributed by atoms with Crippen LogP contribution in [0, 0.1) is 0 Å². The SMILES string of the molecule is c1ccc(-c2ccc(N(c3ccc(-c4ccccc4)cc3)c3cc(-c4nc(-c5ccccc5)nc(-c5ccccc5)n4)cc4oc5ccccc5c34)cc2)cc1. The van der Waals surface area contributed by atoms with Crippen LogP contribution in [0.15, 0.2) is 211 Å². The zero-order valence-corrected chi connectivity index (χ0v) is 30.3. The lowest BCUT2D eigenvalue weighted by Gasteiger charge is -2.27. The smallest absolute Gasteiger partial charge is 0.164 e. The Morgan fingerprint density at radius 1 is 0.321 bits per heavy atom. The van der Waals surface area contributed by atoms with Gasteiger partial charge in [-0.3, -0.25) is 0 Å². The van der Waals surface area contributed by atoms with E-state index >= 15 is 0 Å². The van der Waals surface area contributed by atoms with Gasteiger partial charge in [-0.1, -0.05) is 164 Å². The first-order valence-electron chi connectivity index (χ1n) is 18.7. The van der Waals surface area contributed by atoms with Crippen molar-refractivity contribution in [3.8, 4) is 56.4 Å². The molecule has 264 valence electrons. The van der Waals surface area contributed by atoms with Gasteiger partial charge in [0.25, 0.3) is 0 Å². The van der Waals surface area contributed by atoms with Crippen molar-refractivity contribution in [3.63, 3.8) is 0 Å². The summed E-state index contributed by atoms with van der Waals surface area (Å²) in [4.78, 5) is 17.5. The van der Waals surface area contributed by atoms with Gasteiger partial charge in [-0.2, -0.15) is 0 Å². The molecule has 2 aromatic heterocycles. The molecule has 5 nitrogen and oxygen atoms in total. The molecule has 0 saturated carbocycles. The minimum atomic E-state index is 0.556. The molecule has 0 aliphatic rings. The molecule has 2 heterocycles. The third-order valence-corrected chi connectivity index (χ3v) is 10.1. The van der Waals surface area contributed by atoms with Crippen LogP contribution < -0.4 is 4.90 Å². The molecule has 0 aliphatic heterocycles. The van der Waals surface area contributed by atoms with Crippen molar-refractivity contribution in [2.45, 2.75) is 0 Å². The number of rotatable bonds is 8. The van der Waals surface area contributed by atoms with E-state index in [4.69, 9.17) is 19.4 Å². The van der Waals surface area contributed by atoms with E-state index in [0.29, 0.717) is 17.5 Å². The monoisotopic (exact) mass is 718 g/mol. The number of aromatic nitrogens is 3. The second-order valence-corrected chi connectivity index (χ2v) is 13.7. The molecule has 5 heteroatoms. The lowest BCUT2D eigenvalue weighted by Crippen LogP contribution is -2.11. The Bertz CT molecular complexity index is 2790. The minimum absolute atomic E-state index is 0.556. The van der Waals surface area contributed by atoms with Gasteiger partial charge >= 0.3 is 0 Å². The Morgan fingerprint density at radius 2 is 0.714 bits per heavy atom. The number of nitrogens with zero attached hydrogens (tertiary/aromatic N) is 4. The van der Waals surface area contributed by atoms with Crippen molar-refractivity contribution < 1.29 is 4.42 Å². The standard InChI is InChI=1S/C51H34N4O/c1-5-15-35(16-6-1)37-25-29-42(30-26-37)55(43-31-27-38(28-32-43)36-17-7-2-8-18-36)45-33-41(34-47-48(45)44-23-13-14-24-46(44)56-47)51-53-49(39-19-9-3-10-20-39)52-50(54-51)40-21-11-4-12-22-40/h1-34H. The van der Waals surface area contributed by atoms with Crippen molar-refractivity contribution in [1.29, 1.82) is 0 Å². The molecule has 56 heavy (non-hydrogen) atoms. The second-order valence-electron chi connectivity index (χ2n) is 13.7. The van der Waals surface area contributed by atoms with Crippen LogP contribution >= 0.6 is 0 Å². The van der Waals surface area contributed by atoms with Gasteiger partial charge in [-0.15, -0.1) is 0 Å². The van der Waals surface area contributed by atoms with E-state index < -0.39 is 0 Å². The molecule has 10 rings (SSSR count). The second kappa shape index (κ2) is 14.3. The molecular formula is C51H34N4O. The van der Waals surface area contributed by atoms with Gasteiger partial charge in [-0.05, 0) is 64.7 Å². The zero-order valence-electron chi connectivity index (χ0n) is 30.3. The average molecular weight is 719 g/mol. The molecule has 0 atom stereocenters. The van der Waals surface area contributed by atoms with E-state index in [1.54, 1.807) is 0 Å². The highest BCUT2D eigenvalue weighted by molar-refractivity contribution is 6.14. The van der Waals surface area contributed by atoms with Gasteiger partial charge < -0.3 is 9.32 Å². The fourth-order valence-electron chi connectivity index (χ4n) is 7.37. The van der Waals surface area contributed by atoms with Gasteiger partial charge in [0, 0.05) is 33.5 Å². The largest absolute Gasteiger partial charge is 0.456 e. The molecule has 0 spiro atoms. The summed E-state index contributed by atoms with van der Waals surface area (Å²) in [6.45, 7) is 0. The Kier molecular flexibility index (Phi) is 8.43. The fourth-order valence-corrected chi connectivity index (χ4v) is 7.37. The van der Waals surface area contributed by atoms with E-state index in [9.17, 15) is 0 Å². The van der Waals surface area contributed by atoms with E-state index in [-0.39, 0.29) is 0 Å². The zero-order chi connectivity index (χ0) is 37.3. The number of anilines is 3. The molecule has 0 fully saturated rings. The molecule has 10 aromatic rings. The topological polar surface area (TPSA) is 55.1 Å². The summed E-state index contributed by atoms with van der Waals surface area (Å²) < 4.78 is 6.66. The van der Waals surface area contributed by atoms with Gasteiger partial charge in [0.1, 0.15) is 11.2 Å². The molecule has 0 radical (unpaired) electrons. The van der Waals surface area contributed by atoms with Crippen LogP contribution in [0.2, 0.25) is 0 Å². The molecule has 0 aliphatic carbocycles. The predicted octanol–water partition coefficient (Wildman–Crippen LogP) is 13.6. The minimum Gasteiger partial charge on any atom is -0.456 e. The van der Waals surface area contributed by atoms with Crippen LogP contribution in [0.5, 0.6) is 0 Å². The predicted molar refractivity (Wildman–Crippen MR) is 229 cm³/mol. The van der Waals surface area contributed by atoms with Crippen LogP contribution in [0.1, 0.15) is 0 Å². The summed E-state index contributed by atoms with van der Waals surface area (Å²) in [7, 11) is 0. The van der Waals surface area contributed by atoms with Crippen molar-refractivity contribution >= 4 is 39.0 Å². The summed E-state index contributed by atoms with van der Waals surface area (Å²) in [5.74, 6) is 1.76. The van der Waals surface area contributed by atoms with Crippen molar-refractivity contribution in [1.82, 2.24) is 15.0 Å². The normalized spacial score (nSPS) is 11.2. The van der Waals surface area contributed by atoms with Crippen molar-refractivity contribution in [3.05, 3.63) is 206 Å². The number of hydrogen-bond donors (Lipinski definition) is 0. The third kappa shape index (κ3) is 6.27. The molecule has 0 bridgehead atoms. The first-order chi connectivity index (χ1) is 27.7. The summed E-state index contributed by atoms with van der Waals surface area (Å²) in [5, 5.41) is 2.03. The molecule has 0 saturated heterocycles. The first-order valence-corrected chi connectivity index (χ1v) is 18.7. The van der Waals surface area contributed by atoms with E-state index in [1.807, 2.05) is 84.9 Å². The Hall–Kier alpha value is -7.63. The van der Waals surface area contributed by atoms with Gasteiger partial charge in [0.05, 0.1) is 11.1 Å². The summed E-state index contributed by atoms with van der Waals surface area (Å²) in [6.07, 6.45) is 0. The molecular weight excluding hydrogens is 685 g/mol. The van der Waals surface area contributed by atoms with Crippen molar-refractivity contribution in [2.24, 2.45) is 0 Å². The van der Waals surface area contributed by atoms with Crippen LogP contribution in [-0.4, -0.2) is 15.0 Å². The Balaban J connectivity index is 1.21. The lowest BCUT2D eigenvalue weighted by atomic mass is 10.0. The van der Waals surface area contributed by atoms with E-state index in [2.05, 4.69) is 126 Å². The first kappa shape index (κ1) is 33.0. The molecule has 0 N–H and O–H groups in total. The fraction of sp³-hybridized carbons (Fsp3) is 0. The number of furan rings is 1. The summed E-state index contributed by atoms with van der Waals surface area (Å²) in [6, 6.07) is 71.1. The van der Waals surface area contributed by atoms with Gasteiger partial charge in [0.15, 0.2) is 17.5 Å². The maximum absolute atomic E-state index is 6.66. The summed E-state index contributed by atoms with van der Waals surface area (Å²) >= 11 is 0. The molecule has 8 aromatic carbocycles. The van der Waals surface area contributed by atoms with Crippen LogP contribution in [0.3, 0.4) is 0 Å². The quantitative estimate of drug-likeness (QED) is 0.157. The number of fused-ring (bicyclic) bond motifs is 3. The van der Waals surface area contributed by atoms with Crippen LogP contribution in [0.25, 0.3) is 78.4 Å². The molecule has 0 unspecified atom stereocenters. The summed E-state index contributed by atoms with van der Waals surface area (Å²) in [5.41, 5.74) is 11.8. The van der Waals surface area contributed by atoms with E-state index in [0.717, 1.165) is 66.8 Å². The number of benzene rings is 8. The lowest BCUT2D eigenvalue weighted by molar-refractivity contribution is 0.669. The van der Waals surface area contributed by atoms with Crippen LogP contribution in [0.4, 0.5) is 17.1 Å². The highest BCUT2D eigenvalue weighted by Crippen LogP contribution is 2.45. The highest BCUT2D eigenvalue weighted by atomic mass is 16.3. The van der Waals surface area contributed by atoms with E-state index in [1.165, 1.54) is 11.1 Å². The number of para-hydroxylation sites is 1. The average Bonchev–Trinajstić information content (AvgIpc) is 3.67. The number of hydrogen-bond acceptors (Lipinski definition) is 5. The molecule has 0 amide bonds. The van der Waals surface area contributed by atoms with Gasteiger partial charge in [0.2, 0.25) is 0 Å². The highest BCUT2D eigenvalue weighted by Gasteiger charge is 2.23. The maximum Gasteiger partial charge on any atom is 0.164 e.